The van der Waals surface area contributed by atoms with Crippen LogP contribution in [0.15, 0.2) is 16.8 Å². The predicted molar refractivity (Wildman–Crippen MR) is 55.9 cm³/mol. The second kappa shape index (κ2) is 5.89. The van der Waals surface area contributed by atoms with Gasteiger partial charge in [-0.2, -0.15) is 11.3 Å². The van der Waals surface area contributed by atoms with Crippen LogP contribution in [0.4, 0.5) is 0 Å². The van der Waals surface area contributed by atoms with Gasteiger partial charge in [0.2, 0.25) is 0 Å². The lowest BCUT2D eigenvalue weighted by atomic mass is 10.1. The fourth-order valence-corrected chi connectivity index (χ4v) is 1.85. The van der Waals surface area contributed by atoms with Crippen LogP contribution in [-0.2, 0) is 11.2 Å². The van der Waals surface area contributed by atoms with Crippen molar-refractivity contribution in [3.05, 3.63) is 22.4 Å². The average molecular weight is 197 g/mol. The Hall–Kier alpha value is -0.670. The van der Waals surface area contributed by atoms with E-state index in [4.69, 9.17) is 5.73 Å². The molecular formula is C10H15NOS. The van der Waals surface area contributed by atoms with Crippen molar-refractivity contribution in [1.29, 1.82) is 0 Å². The molecule has 1 aromatic rings. The van der Waals surface area contributed by atoms with Crippen molar-refractivity contribution in [2.45, 2.75) is 25.7 Å². The van der Waals surface area contributed by atoms with Crippen molar-refractivity contribution < 1.29 is 4.79 Å². The summed E-state index contributed by atoms with van der Waals surface area (Å²) in [5.74, 6) is 0.330. The fraction of sp³-hybridized carbons (Fsp3) is 0.500. The van der Waals surface area contributed by atoms with Crippen molar-refractivity contribution in [2.75, 3.05) is 6.54 Å². The summed E-state index contributed by atoms with van der Waals surface area (Å²) in [7, 11) is 0. The van der Waals surface area contributed by atoms with Gasteiger partial charge < -0.3 is 5.73 Å². The smallest absolute Gasteiger partial charge is 0.133 e. The lowest BCUT2D eigenvalue weighted by Crippen LogP contribution is -2.05. The maximum absolute atomic E-state index is 11.2. The van der Waals surface area contributed by atoms with Gasteiger partial charge in [-0.25, -0.2) is 0 Å². The molecule has 2 N–H and O–H groups in total. The van der Waals surface area contributed by atoms with Gasteiger partial charge in [-0.15, -0.1) is 0 Å². The molecular weight excluding hydrogens is 182 g/mol. The molecule has 0 spiro atoms. The van der Waals surface area contributed by atoms with Crippen molar-refractivity contribution in [3.8, 4) is 0 Å². The Bertz CT molecular complexity index is 243. The second-order valence-electron chi connectivity index (χ2n) is 3.06. The summed E-state index contributed by atoms with van der Waals surface area (Å²) < 4.78 is 0. The summed E-state index contributed by atoms with van der Waals surface area (Å²) in [6.45, 7) is 0.615. The first-order chi connectivity index (χ1) is 6.33. The van der Waals surface area contributed by atoms with E-state index in [1.807, 2.05) is 5.38 Å². The Kier molecular flexibility index (Phi) is 4.72. The average Bonchev–Trinajstić information content (AvgIpc) is 2.64. The summed E-state index contributed by atoms with van der Waals surface area (Å²) in [4.78, 5) is 11.2. The van der Waals surface area contributed by atoms with Crippen molar-refractivity contribution >= 4 is 17.1 Å². The van der Waals surface area contributed by atoms with E-state index in [-0.39, 0.29) is 0 Å². The third-order valence-electron chi connectivity index (χ3n) is 1.93. The van der Waals surface area contributed by atoms with Crippen LogP contribution in [0.1, 0.15) is 24.8 Å². The molecule has 72 valence electrons. The number of Topliss-reactive ketones (excluding diaryl/α,β-unsaturated/α-hetero) is 1. The molecule has 0 aromatic carbocycles. The lowest BCUT2D eigenvalue weighted by molar-refractivity contribution is -0.119. The summed E-state index contributed by atoms with van der Waals surface area (Å²) >= 11 is 1.68. The highest BCUT2D eigenvalue weighted by Gasteiger charge is 2.01. The molecule has 0 saturated carbocycles. The number of thiophene rings is 1. The van der Waals surface area contributed by atoms with Gasteiger partial charge in [-0.3, -0.25) is 4.79 Å². The number of carbonyl (C=O) groups excluding carboxylic acids is 1. The molecule has 0 fully saturated rings. The monoisotopic (exact) mass is 197 g/mol. The van der Waals surface area contributed by atoms with E-state index in [1.165, 1.54) is 5.56 Å². The number of hydrogen-bond donors (Lipinski definition) is 1. The third-order valence-corrected chi connectivity index (χ3v) is 2.66. The number of nitrogens with two attached hydrogens (primary N) is 1. The minimum atomic E-state index is 0.330. The molecule has 13 heavy (non-hydrogen) atoms. The maximum atomic E-state index is 11.2. The third kappa shape index (κ3) is 4.20. The molecule has 0 unspecified atom stereocenters. The van der Waals surface area contributed by atoms with E-state index >= 15 is 0 Å². The summed E-state index contributed by atoms with van der Waals surface area (Å²) in [6.07, 6.45) is 3.01. The van der Waals surface area contributed by atoms with Crippen LogP contribution in [0.25, 0.3) is 0 Å². The Balaban J connectivity index is 2.15. The zero-order chi connectivity index (χ0) is 9.52. The van der Waals surface area contributed by atoms with Gasteiger partial charge in [0.05, 0.1) is 0 Å². The van der Waals surface area contributed by atoms with Gasteiger partial charge >= 0.3 is 0 Å². The molecule has 0 bridgehead atoms. The first kappa shape index (κ1) is 10.4. The zero-order valence-corrected chi connectivity index (χ0v) is 8.48. The lowest BCUT2D eigenvalue weighted by Gasteiger charge is -1.97. The van der Waals surface area contributed by atoms with E-state index in [0.29, 0.717) is 25.2 Å². The van der Waals surface area contributed by atoms with E-state index in [9.17, 15) is 4.79 Å². The van der Waals surface area contributed by atoms with E-state index in [1.54, 1.807) is 11.3 Å². The topological polar surface area (TPSA) is 43.1 Å². The Morgan fingerprint density at radius 3 is 2.92 bits per heavy atom. The zero-order valence-electron chi connectivity index (χ0n) is 7.66. The molecule has 1 rings (SSSR count). The predicted octanol–water partition coefficient (Wildman–Crippen LogP) is 1.99. The Morgan fingerprint density at radius 1 is 1.46 bits per heavy atom. The molecule has 0 aliphatic carbocycles. The number of rotatable bonds is 6. The normalized spacial score (nSPS) is 10.2. The number of hydrogen-bond acceptors (Lipinski definition) is 3. The van der Waals surface area contributed by atoms with Crippen LogP contribution >= 0.6 is 11.3 Å². The Morgan fingerprint density at radius 2 is 2.31 bits per heavy atom. The SMILES string of the molecule is NCCCC(=O)CCc1ccsc1. The summed E-state index contributed by atoms with van der Waals surface area (Å²) in [5.41, 5.74) is 6.59. The molecule has 3 heteroatoms. The molecule has 1 aromatic heterocycles. The molecule has 0 amide bonds. The largest absolute Gasteiger partial charge is 0.330 e. The first-order valence-corrected chi connectivity index (χ1v) is 5.50. The molecule has 2 nitrogen and oxygen atoms in total. The van der Waals surface area contributed by atoms with Gasteiger partial charge in [0, 0.05) is 12.8 Å². The van der Waals surface area contributed by atoms with Gasteiger partial charge in [0.15, 0.2) is 0 Å². The number of aryl methyl sites for hydroxylation is 1. The fourth-order valence-electron chi connectivity index (χ4n) is 1.14. The van der Waals surface area contributed by atoms with E-state index < -0.39 is 0 Å². The number of carbonyl (C=O) groups is 1. The highest BCUT2D eigenvalue weighted by molar-refractivity contribution is 7.07. The Labute approximate surface area is 82.8 Å². The molecule has 0 aliphatic rings. The molecule has 0 aliphatic heterocycles. The molecule has 1 heterocycles. The molecule has 0 radical (unpaired) electrons. The van der Waals surface area contributed by atoms with Crippen LogP contribution in [0.5, 0.6) is 0 Å². The summed E-state index contributed by atoms with van der Waals surface area (Å²) in [5, 5.41) is 4.13. The number of ketones is 1. The van der Waals surface area contributed by atoms with E-state index in [0.717, 1.165) is 12.8 Å². The van der Waals surface area contributed by atoms with Crippen LogP contribution < -0.4 is 5.73 Å². The highest BCUT2D eigenvalue weighted by atomic mass is 32.1. The first-order valence-electron chi connectivity index (χ1n) is 4.56. The van der Waals surface area contributed by atoms with Gasteiger partial charge in [-0.05, 0) is 41.8 Å². The molecule has 0 saturated heterocycles. The standard InChI is InChI=1S/C10H15NOS/c11-6-1-2-10(12)4-3-9-5-7-13-8-9/h5,7-8H,1-4,6,11H2. The van der Waals surface area contributed by atoms with Crippen molar-refractivity contribution in [3.63, 3.8) is 0 Å². The van der Waals surface area contributed by atoms with Crippen LogP contribution in [0, 0.1) is 0 Å². The summed E-state index contributed by atoms with van der Waals surface area (Å²) in [6, 6.07) is 2.07. The maximum Gasteiger partial charge on any atom is 0.133 e. The quantitative estimate of drug-likeness (QED) is 0.758. The van der Waals surface area contributed by atoms with Crippen LogP contribution in [0.3, 0.4) is 0 Å². The second-order valence-corrected chi connectivity index (χ2v) is 3.84. The highest BCUT2D eigenvalue weighted by Crippen LogP contribution is 2.09. The van der Waals surface area contributed by atoms with E-state index in [2.05, 4.69) is 11.4 Å². The van der Waals surface area contributed by atoms with Crippen LogP contribution in [0.2, 0.25) is 0 Å². The molecule has 0 atom stereocenters. The van der Waals surface area contributed by atoms with Gasteiger partial charge in [-0.1, -0.05) is 0 Å². The van der Waals surface area contributed by atoms with Crippen molar-refractivity contribution in [2.24, 2.45) is 5.73 Å². The minimum absolute atomic E-state index is 0.330. The minimum Gasteiger partial charge on any atom is -0.330 e. The van der Waals surface area contributed by atoms with Gasteiger partial charge in [0.25, 0.3) is 0 Å². The van der Waals surface area contributed by atoms with Gasteiger partial charge in [0.1, 0.15) is 5.78 Å². The van der Waals surface area contributed by atoms with Crippen LogP contribution in [-0.4, -0.2) is 12.3 Å². The van der Waals surface area contributed by atoms with Crippen molar-refractivity contribution in [1.82, 2.24) is 0 Å².